The number of nitrogens with two attached hydrogens (primary N) is 1. The number of nitrogens with one attached hydrogen (secondary N) is 1. The van der Waals surface area contributed by atoms with Crippen molar-refractivity contribution in [2.24, 2.45) is 5.73 Å². The Balaban J connectivity index is 1.91. The highest BCUT2D eigenvalue weighted by Gasteiger charge is 2.11. The van der Waals surface area contributed by atoms with E-state index in [1.54, 1.807) is 0 Å². The largest absolute Gasteiger partial charge is 0.330 e. The lowest BCUT2D eigenvalue weighted by molar-refractivity contribution is 0.395. The molecule has 1 aliphatic heterocycles. The Morgan fingerprint density at radius 2 is 2.25 bits per heavy atom. The fraction of sp³-hybridized carbons (Fsp3) is 1.00. The Hall–Kier alpha value is 0.270. The Kier molecular flexibility index (Phi) is 5.82. The van der Waals surface area contributed by atoms with Gasteiger partial charge in [-0.3, -0.25) is 0 Å². The van der Waals surface area contributed by atoms with E-state index in [0.29, 0.717) is 0 Å². The minimum atomic E-state index is 0.795. The van der Waals surface area contributed by atoms with E-state index in [4.69, 9.17) is 5.73 Å². The SMILES string of the molecule is NCCSCCC1CCCCN1. The first-order chi connectivity index (χ1) is 5.93. The van der Waals surface area contributed by atoms with E-state index < -0.39 is 0 Å². The van der Waals surface area contributed by atoms with Crippen LogP contribution in [0.4, 0.5) is 0 Å². The molecule has 2 nitrogen and oxygen atoms in total. The van der Waals surface area contributed by atoms with Crippen LogP contribution in [0, 0.1) is 0 Å². The van der Waals surface area contributed by atoms with Gasteiger partial charge in [0, 0.05) is 18.3 Å². The fourth-order valence-corrected chi connectivity index (χ4v) is 2.40. The molecule has 0 bridgehead atoms. The number of hydrogen-bond acceptors (Lipinski definition) is 3. The van der Waals surface area contributed by atoms with Crippen molar-refractivity contribution in [2.75, 3.05) is 24.6 Å². The zero-order valence-corrected chi connectivity index (χ0v) is 8.54. The molecule has 1 rings (SSSR count). The van der Waals surface area contributed by atoms with Crippen LogP contribution in [0.1, 0.15) is 25.7 Å². The average molecular weight is 188 g/mol. The van der Waals surface area contributed by atoms with Crippen molar-refractivity contribution in [3.8, 4) is 0 Å². The van der Waals surface area contributed by atoms with Crippen molar-refractivity contribution in [3.63, 3.8) is 0 Å². The van der Waals surface area contributed by atoms with Gasteiger partial charge >= 0.3 is 0 Å². The van der Waals surface area contributed by atoms with Crippen LogP contribution in [0.25, 0.3) is 0 Å². The molecular weight excluding hydrogens is 168 g/mol. The van der Waals surface area contributed by atoms with E-state index in [-0.39, 0.29) is 0 Å². The first-order valence-corrected chi connectivity index (χ1v) is 6.10. The molecule has 1 aliphatic rings. The van der Waals surface area contributed by atoms with Crippen LogP contribution in [0.3, 0.4) is 0 Å². The molecule has 0 aromatic rings. The maximum atomic E-state index is 5.41. The molecule has 0 aromatic heterocycles. The van der Waals surface area contributed by atoms with Crippen LogP contribution < -0.4 is 11.1 Å². The minimum absolute atomic E-state index is 0.795. The number of hydrogen-bond donors (Lipinski definition) is 2. The first-order valence-electron chi connectivity index (χ1n) is 4.94. The van der Waals surface area contributed by atoms with Crippen LogP contribution in [-0.4, -0.2) is 30.6 Å². The lowest BCUT2D eigenvalue weighted by Gasteiger charge is -2.22. The zero-order valence-electron chi connectivity index (χ0n) is 7.72. The zero-order chi connectivity index (χ0) is 8.65. The highest BCUT2D eigenvalue weighted by molar-refractivity contribution is 7.99. The molecule has 72 valence electrons. The summed E-state index contributed by atoms with van der Waals surface area (Å²) in [6, 6.07) is 0.795. The standard InChI is InChI=1S/C9H20N2S/c10-5-8-12-7-4-9-3-1-2-6-11-9/h9,11H,1-8,10H2. The highest BCUT2D eigenvalue weighted by Crippen LogP contribution is 2.12. The Labute approximate surface area is 79.7 Å². The minimum Gasteiger partial charge on any atom is -0.330 e. The normalized spacial score (nSPS) is 24.2. The molecule has 0 radical (unpaired) electrons. The van der Waals surface area contributed by atoms with Crippen LogP contribution in [0.2, 0.25) is 0 Å². The van der Waals surface area contributed by atoms with Crippen LogP contribution in [-0.2, 0) is 0 Å². The fourth-order valence-electron chi connectivity index (χ4n) is 1.58. The molecule has 1 heterocycles. The summed E-state index contributed by atoms with van der Waals surface area (Å²) < 4.78 is 0. The summed E-state index contributed by atoms with van der Waals surface area (Å²) in [6.45, 7) is 2.05. The molecule has 0 aromatic carbocycles. The molecular formula is C9H20N2S. The van der Waals surface area contributed by atoms with Gasteiger partial charge in [-0.1, -0.05) is 6.42 Å². The molecule has 1 atom stereocenters. The van der Waals surface area contributed by atoms with E-state index in [2.05, 4.69) is 5.32 Å². The maximum Gasteiger partial charge on any atom is 0.00749 e. The van der Waals surface area contributed by atoms with Crippen molar-refractivity contribution < 1.29 is 0 Å². The first kappa shape index (κ1) is 10.4. The smallest absolute Gasteiger partial charge is 0.00749 e. The molecule has 0 saturated carbocycles. The van der Waals surface area contributed by atoms with Gasteiger partial charge in [-0.05, 0) is 31.6 Å². The Morgan fingerprint density at radius 3 is 2.92 bits per heavy atom. The number of thioether (sulfide) groups is 1. The summed E-state index contributed by atoms with van der Waals surface area (Å²) in [5.74, 6) is 2.39. The molecule has 0 aliphatic carbocycles. The molecule has 12 heavy (non-hydrogen) atoms. The Bertz CT molecular complexity index is 103. The molecule has 1 unspecified atom stereocenters. The molecule has 3 heteroatoms. The van der Waals surface area contributed by atoms with Crippen LogP contribution in [0.5, 0.6) is 0 Å². The van der Waals surface area contributed by atoms with E-state index in [1.807, 2.05) is 11.8 Å². The van der Waals surface area contributed by atoms with Gasteiger partial charge in [0.15, 0.2) is 0 Å². The third kappa shape index (κ3) is 4.33. The summed E-state index contributed by atoms with van der Waals surface area (Å²) in [5.41, 5.74) is 5.41. The highest BCUT2D eigenvalue weighted by atomic mass is 32.2. The summed E-state index contributed by atoms with van der Waals surface area (Å²) in [5, 5.41) is 3.55. The second kappa shape index (κ2) is 6.75. The third-order valence-corrected chi connectivity index (χ3v) is 3.33. The van der Waals surface area contributed by atoms with E-state index >= 15 is 0 Å². The number of piperidine rings is 1. The van der Waals surface area contributed by atoms with E-state index in [1.165, 1.54) is 38.0 Å². The van der Waals surface area contributed by atoms with Gasteiger partial charge in [-0.25, -0.2) is 0 Å². The summed E-state index contributed by atoms with van der Waals surface area (Å²) in [7, 11) is 0. The van der Waals surface area contributed by atoms with Gasteiger partial charge in [0.25, 0.3) is 0 Å². The van der Waals surface area contributed by atoms with Crippen molar-refractivity contribution in [2.45, 2.75) is 31.7 Å². The number of rotatable bonds is 5. The van der Waals surface area contributed by atoms with Gasteiger partial charge in [-0.2, -0.15) is 11.8 Å². The predicted octanol–water partition coefficient (Wildman–Crippen LogP) is 1.21. The van der Waals surface area contributed by atoms with E-state index in [0.717, 1.165) is 18.3 Å². The van der Waals surface area contributed by atoms with Gasteiger partial charge in [-0.15, -0.1) is 0 Å². The van der Waals surface area contributed by atoms with Gasteiger partial charge < -0.3 is 11.1 Å². The molecule has 1 fully saturated rings. The van der Waals surface area contributed by atoms with Gasteiger partial charge in [0.05, 0.1) is 0 Å². The van der Waals surface area contributed by atoms with Crippen molar-refractivity contribution in [1.82, 2.24) is 5.32 Å². The van der Waals surface area contributed by atoms with Gasteiger partial charge in [0.1, 0.15) is 0 Å². The van der Waals surface area contributed by atoms with Crippen LogP contribution in [0.15, 0.2) is 0 Å². The maximum absolute atomic E-state index is 5.41. The van der Waals surface area contributed by atoms with Crippen molar-refractivity contribution >= 4 is 11.8 Å². The van der Waals surface area contributed by atoms with Gasteiger partial charge in [0.2, 0.25) is 0 Å². The topological polar surface area (TPSA) is 38.0 Å². The monoisotopic (exact) mass is 188 g/mol. The molecule has 3 N–H and O–H groups in total. The summed E-state index contributed by atoms with van der Waals surface area (Å²) in [6.07, 6.45) is 5.49. The molecule has 1 saturated heterocycles. The molecule has 0 spiro atoms. The Morgan fingerprint density at radius 1 is 1.33 bits per heavy atom. The average Bonchev–Trinajstić information content (AvgIpc) is 2.14. The van der Waals surface area contributed by atoms with Crippen molar-refractivity contribution in [1.29, 1.82) is 0 Å². The van der Waals surface area contributed by atoms with Crippen LogP contribution >= 0.6 is 11.8 Å². The predicted molar refractivity (Wildman–Crippen MR) is 56.6 cm³/mol. The summed E-state index contributed by atoms with van der Waals surface area (Å²) >= 11 is 1.98. The lowest BCUT2D eigenvalue weighted by Crippen LogP contribution is -2.34. The van der Waals surface area contributed by atoms with E-state index in [9.17, 15) is 0 Å². The third-order valence-electron chi connectivity index (χ3n) is 2.29. The quantitative estimate of drug-likeness (QED) is 0.637. The molecule has 0 amide bonds. The lowest BCUT2D eigenvalue weighted by atomic mass is 10.0. The second-order valence-corrected chi connectivity index (χ2v) is 4.56. The summed E-state index contributed by atoms with van der Waals surface area (Å²) in [4.78, 5) is 0. The second-order valence-electron chi connectivity index (χ2n) is 3.34. The van der Waals surface area contributed by atoms with Crippen molar-refractivity contribution in [3.05, 3.63) is 0 Å².